The topological polar surface area (TPSA) is 107 Å². The molecule has 3 aliphatic rings. The average Bonchev–Trinajstić information content (AvgIpc) is 3.08. The molecule has 0 unspecified atom stereocenters. The molecule has 4 rings (SSSR count). The Balaban J connectivity index is 1.44. The van der Waals surface area contributed by atoms with Gasteiger partial charge in [-0.05, 0) is 37.0 Å². The predicted molar refractivity (Wildman–Crippen MR) is 112 cm³/mol. The summed E-state index contributed by atoms with van der Waals surface area (Å²) in [6.45, 7) is 0.728. The van der Waals surface area contributed by atoms with Crippen molar-refractivity contribution in [2.75, 3.05) is 24.6 Å². The summed E-state index contributed by atoms with van der Waals surface area (Å²) in [5.74, 6) is -0.576. The third-order valence-electron chi connectivity index (χ3n) is 6.12. The van der Waals surface area contributed by atoms with E-state index in [4.69, 9.17) is 11.6 Å². The van der Waals surface area contributed by atoms with Gasteiger partial charge in [0.15, 0.2) is 9.84 Å². The van der Waals surface area contributed by atoms with Crippen LogP contribution in [0.25, 0.3) is 0 Å². The maximum absolute atomic E-state index is 13.0. The van der Waals surface area contributed by atoms with Gasteiger partial charge in [0.05, 0.1) is 23.1 Å². The second-order valence-electron chi connectivity index (χ2n) is 8.17. The van der Waals surface area contributed by atoms with Crippen LogP contribution in [0, 0.1) is 0 Å². The number of carbonyl (C=O) groups excluding carboxylic acids is 2. The lowest BCUT2D eigenvalue weighted by atomic mass is 9.84. The van der Waals surface area contributed by atoms with Gasteiger partial charge >= 0.3 is 0 Å². The van der Waals surface area contributed by atoms with Crippen molar-refractivity contribution < 1.29 is 23.1 Å². The summed E-state index contributed by atoms with van der Waals surface area (Å²) in [4.78, 5) is 26.9. The van der Waals surface area contributed by atoms with Gasteiger partial charge < -0.3 is 10.0 Å². The van der Waals surface area contributed by atoms with Gasteiger partial charge in [-0.25, -0.2) is 13.4 Å². The number of sulfone groups is 1. The van der Waals surface area contributed by atoms with Crippen molar-refractivity contribution >= 4 is 39.0 Å². The zero-order chi connectivity index (χ0) is 21.5. The average molecular weight is 454 g/mol. The molecule has 0 radical (unpaired) electrons. The van der Waals surface area contributed by atoms with Crippen molar-refractivity contribution in [3.8, 4) is 0 Å². The molecule has 10 heteroatoms. The van der Waals surface area contributed by atoms with Crippen LogP contribution in [0.5, 0.6) is 0 Å². The molecule has 3 heterocycles. The fraction of sp³-hybridized carbons (Fsp3) is 0.550. The molecule has 2 saturated heterocycles. The number of likely N-dealkylation sites (tertiary alicyclic amines) is 1. The molecule has 0 saturated carbocycles. The highest BCUT2D eigenvalue weighted by molar-refractivity contribution is 7.91. The first kappa shape index (κ1) is 21.3. The molecule has 2 amide bonds. The van der Waals surface area contributed by atoms with E-state index in [1.54, 1.807) is 29.2 Å². The van der Waals surface area contributed by atoms with Crippen LogP contribution in [0.4, 0.5) is 0 Å². The fourth-order valence-corrected chi connectivity index (χ4v) is 6.11. The largest absolute Gasteiger partial charge is 0.385 e. The second-order valence-corrected chi connectivity index (χ2v) is 10.8. The third-order valence-corrected chi connectivity index (χ3v) is 8.12. The lowest BCUT2D eigenvalue weighted by Crippen LogP contribution is -2.49. The van der Waals surface area contributed by atoms with Gasteiger partial charge in [0, 0.05) is 31.0 Å². The first-order valence-corrected chi connectivity index (χ1v) is 12.2. The van der Waals surface area contributed by atoms with E-state index in [-0.39, 0.29) is 41.9 Å². The molecule has 1 aromatic carbocycles. The van der Waals surface area contributed by atoms with Crippen LogP contribution in [0.3, 0.4) is 0 Å². The van der Waals surface area contributed by atoms with Gasteiger partial charge in [-0.2, -0.15) is 5.10 Å². The Morgan fingerprint density at radius 1 is 1.17 bits per heavy atom. The minimum absolute atomic E-state index is 0.0374. The van der Waals surface area contributed by atoms with Crippen LogP contribution < -0.4 is 0 Å². The van der Waals surface area contributed by atoms with Crippen molar-refractivity contribution in [2.45, 2.75) is 43.7 Å². The molecule has 8 nitrogen and oxygen atoms in total. The van der Waals surface area contributed by atoms with Gasteiger partial charge in [0.1, 0.15) is 5.71 Å². The molecule has 0 aromatic heterocycles. The van der Waals surface area contributed by atoms with E-state index in [0.717, 1.165) is 5.56 Å². The Morgan fingerprint density at radius 3 is 2.43 bits per heavy atom. The monoisotopic (exact) mass is 453 g/mol. The number of aliphatic hydroxyl groups is 1. The van der Waals surface area contributed by atoms with Crippen molar-refractivity contribution in [3.05, 3.63) is 34.9 Å². The molecule has 30 heavy (non-hydrogen) atoms. The first-order chi connectivity index (χ1) is 14.2. The summed E-state index contributed by atoms with van der Waals surface area (Å²) in [5, 5.41) is 17.0. The zero-order valence-electron chi connectivity index (χ0n) is 16.5. The summed E-state index contributed by atoms with van der Waals surface area (Å²) in [7, 11) is -3.16. The minimum atomic E-state index is -3.16. The van der Waals surface area contributed by atoms with Crippen LogP contribution in [-0.2, 0) is 25.0 Å². The molecule has 0 spiro atoms. The van der Waals surface area contributed by atoms with Gasteiger partial charge in [0.2, 0.25) is 5.91 Å². The van der Waals surface area contributed by atoms with Crippen molar-refractivity contribution in [1.29, 1.82) is 0 Å². The number of hydrogen-bond acceptors (Lipinski definition) is 6. The highest BCUT2D eigenvalue weighted by atomic mass is 35.5. The molecule has 162 valence electrons. The summed E-state index contributed by atoms with van der Waals surface area (Å²) >= 11 is 5.92. The maximum atomic E-state index is 13.0. The van der Waals surface area contributed by atoms with Crippen molar-refractivity contribution in [3.63, 3.8) is 0 Å². The fourth-order valence-electron chi connectivity index (χ4n) is 4.29. The highest BCUT2D eigenvalue weighted by Crippen LogP contribution is 2.34. The number of halogens is 1. The smallest absolute Gasteiger partial charge is 0.270 e. The quantitative estimate of drug-likeness (QED) is 0.742. The van der Waals surface area contributed by atoms with E-state index in [2.05, 4.69) is 5.10 Å². The molecule has 1 atom stereocenters. The number of amides is 2. The Hall–Kier alpha value is -1.97. The van der Waals surface area contributed by atoms with E-state index in [0.29, 0.717) is 37.4 Å². The summed E-state index contributed by atoms with van der Waals surface area (Å²) in [6, 6.07) is 6.56. The Labute approximate surface area is 180 Å². The number of benzene rings is 1. The Kier molecular flexibility index (Phi) is 5.63. The van der Waals surface area contributed by atoms with E-state index >= 15 is 0 Å². The number of hydrazone groups is 1. The third kappa shape index (κ3) is 4.24. The number of rotatable bonds is 3. The summed E-state index contributed by atoms with van der Waals surface area (Å²) in [6.07, 6.45) is 1.50. The number of hydrogen-bond donors (Lipinski definition) is 1. The molecule has 2 fully saturated rings. The van der Waals surface area contributed by atoms with Crippen LogP contribution in [-0.4, -0.2) is 71.6 Å². The van der Waals surface area contributed by atoms with E-state index < -0.39 is 21.5 Å². The van der Waals surface area contributed by atoms with Gasteiger partial charge in [0.25, 0.3) is 5.91 Å². The number of nitrogens with zero attached hydrogens (tertiary/aromatic N) is 3. The van der Waals surface area contributed by atoms with E-state index in [1.165, 1.54) is 5.01 Å². The molecule has 0 bridgehead atoms. The molecule has 1 aromatic rings. The van der Waals surface area contributed by atoms with Crippen LogP contribution in [0.1, 0.15) is 37.7 Å². The van der Waals surface area contributed by atoms with Crippen LogP contribution in [0.15, 0.2) is 29.4 Å². The van der Waals surface area contributed by atoms with Crippen LogP contribution in [0.2, 0.25) is 5.02 Å². The number of carbonyl (C=O) groups is 2. The molecule has 1 N–H and O–H groups in total. The Morgan fingerprint density at radius 2 is 1.83 bits per heavy atom. The lowest BCUT2D eigenvalue weighted by molar-refractivity contribution is -0.134. The molecule has 3 aliphatic heterocycles. The number of piperidine rings is 1. The van der Waals surface area contributed by atoms with Gasteiger partial charge in [-0.3, -0.25) is 9.59 Å². The minimum Gasteiger partial charge on any atom is -0.385 e. The molecule has 0 aliphatic carbocycles. The lowest BCUT2D eigenvalue weighted by Gasteiger charge is -2.39. The van der Waals surface area contributed by atoms with Crippen molar-refractivity contribution in [1.82, 2.24) is 9.91 Å². The van der Waals surface area contributed by atoms with Crippen molar-refractivity contribution in [2.24, 2.45) is 5.10 Å². The normalized spacial score (nSPS) is 25.9. The standard InChI is InChI=1S/C20H24ClN3O5S/c21-15-3-1-14(2-4-15)20(27)8-10-23(11-9-20)19(26)17-5-6-18(25)24(22-17)16-7-12-30(28,29)13-16/h1-4,16,27H,5-13H2/t16-/m0/s1. The summed E-state index contributed by atoms with van der Waals surface area (Å²) in [5.41, 5.74) is 0.0275. The zero-order valence-corrected chi connectivity index (χ0v) is 18.0. The molecular weight excluding hydrogens is 430 g/mol. The van der Waals surface area contributed by atoms with Crippen LogP contribution >= 0.6 is 11.6 Å². The van der Waals surface area contributed by atoms with E-state index in [9.17, 15) is 23.1 Å². The summed E-state index contributed by atoms with van der Waals surface area (Å²) < 4.78 is 23.5. The first-order valence-electron chi connectivity index (χ1n) is 10.0. The van der Waals surface area contributed by atoms with Gasteiger partial charge in [-0.15, -0.1) is 0 Å². The molecular formula is C20H24ClN3O5S. The Bertz CT molecular complexity index is 984. The maximum Gasteiger partial charge on any atom is 0.270 e. The second kappa shape index (κ2) is 7.94. The predicted octanol–water partition coefficient (Wildman–Crippen LogP) is 1.32. The van der Waals surface area contributed by atoms with Gasteiger partial charge in [-0.1, -0.05) is 23.7 Å². The highest BCUT2D eigenvalue weighted by Gasteiger charge is 2.40. The SMILES string of the molecule is O=C(C1=NN([C@H]2CCS(=O)(=O)C2)C(=O)CC1)N1CCC(O)(c2ccc(Cl)cc2)CC1. The van der Waals surface area contributed by atoms with E-state index in [1.807, 2.05) is 0 Å².